The molecule has 25 heavy (non-hydrogen) atoms. The lowest BCUT2D eigenvalue weighted by Gasteiger charge is -2.26. The summed E-state index contributed by atoms with van der Waals surface area (Å²) < 4.78 is 49.1. The smallest absolute Gasteiger partial charge is 0.435 e. The molecule has 12 heteroatoms. The largest absolute Gasteiger partial charge is 0.472 e. The number of hydrogen-bond acceptors (Lipinski definition) is 7. The molecule has 0 unspecified atom stereocenters. The first-order valence-electron chi connectivity index (χ1n) is 7.10. The van der Waals surface area contributed by atoms with Gasteiger partial charge < -0.3 is 15.8 Å². The van der Waals surface area contributed by atoms with Crippen LogP contribution in [0.3, 0.4) is 0 Å². The molecule has 0 saturated carbocycles. The number of nitrogens with one attached hydrogen (secondary N) is 1. The summed E-state index contributed by atoms with van der Waals surface area (Å²) in [7, 11) is 1.38. The lowest BCUT2D eigenvalue weighted by molar-refractivity contribution is -0.141. The van der Waals surface area contributed by atoms with Crippen molar-refractivity contribution < 1.29 is 22.7 Å². The lowest BCUT2D eigenvalue weighted by Crippen LogP contribution is -2.49. The molecular formula is C13H17F3N6O2S. The first-order valence-corrected chi connectivity index (χ1v) is 7.87. The molecule has 0 aliphatic carbocycles. The Balaban J connectivity index is 2.41. The monoisotopic (exact) mass is 378 g/mol. The molecule has 0 bridgehead atoms. The number of nitrogens with zero attached hydrogens (tertiary/aromatic N) is 4. The second-order valence-corrected chi connectivity index (χ2v) is 6.51. The fraction of sp³-hybridized carbons (Fsp3) is 0.538. The number of methoxy groups -OCH3 is 1. The van der Waals surface area contributed by atoms with Crippen LogP contribution in [0.4, 0.5) is 13.2 Å². The van der Waals surface area contributed by atoms with Gasteiger partial charge in [0.1, 0.15) is 5.69 Å². The summed E-state index contributed by atoms with van der Waals surface area (Å²) in [6.45, 7) is 3.03. The minimum absolute atomic E-state index is 0.0360. The number of nitrogens with two attached hydrogens (primary N) is 1. The minimum Gasteiger partial charge on any atom is -0.472 e. The van der Waals surface area contributed by atoms with Crippen LogP contribution in [-0.2, 0) is 17.5 Å². The Morgan fingerprint density at radius 3 is 2.64 bits per heavy atom. The Hall–Kier alpha value is -2.21. The number of alkyl halides is 3. The Labute approximate surface area is 145 Å². The number of ether oxygens (including phenoxy) is 1. The Kier molecular flexibility index (Phi) is 5.32. The van der Waals surface area contributed by atoms with Gasteiger partial charge in [0, 0.05) is 11.5 Å². The number of amides is 1. The number of aromatic nitrogens is 4. The highest BCUT2D eigenvalue weighted by atomic mass is 32.1. The molecule has 0 aliphatic heterocycles. The molecule has 138 valence electrons. The van der Waals surface area contributed by atoms with E-state index in [1.807, 2.05) is 0 Å². The van der Waals surface area contributed by atoms with Crippen molar-refractivity contribution in [2.75, 3.05) is 13.7 Å². The predicted octanol–water partition coefficient (Wildman–Crippen LogP) is 1.28. The molecule has 2 heterocycles. The van der Waals surface area contributed by atoms with Crippen LogP contribution < -0.4 is 15.8 Å². The third-order valence-electron chi connectivity index (χ3n) is 3.09. The van der Waals surface area contributed by atoms with Crippen molar-refractivity contribution in [3.05, 3.63) is 11.8 Å². The minimum atomic E-state index is -4.62. The number of hydrogen-bond donors (Lipinski definition) is 2. The van der Waals surface area contributed by atoms with Crippen LogP contribution in [0.2, 0.25) is 0 Å². The number of carbonyl (C=O) groups excluding carboxylic acids is 1. The average molecular weight is 378 g/mol. The fourth-order valence-corrected chi connectivity index (χ4v) is 2.60. The van der Waals surface area contributed by atoms with E-state index in [9.17, 15) is 18.0 Å². The summed E-state index contributed by atoms with van der Waals surface area (Å²) >= 11 is 0.910. The highest BCUT2D eigenvalue weighted by molar-refractivity contribution is 7.07. The molecular weight excluding hydrogens is 361 g/mol. The van der Waals surface area contributed by atoms with Gasteiger partial charge in [-0.25, -0.2) is 0 Å². The fourth-order valence-electron chi connectivity index (χ4n) is 2.09. The van der Waals surface area contributed by atoms with E-state index < -0.39 is 23.3 Å². The summed E-state index contributed by atoms with van der Waals surface area (Å²) in [4.78, 5) is 15.5. The zero-order valence-corrected chi connectivity index (χ0v) is 14.5. The van der Waals surface area contributed by atoms with E-state index in [4.69, 9.17) is 10.5 Å². The zero-order chi connectivity index (χ0) is 18.8. The van der Waals surface area contributed by atoms with Crippen molar-refractivity contribution in [3.63, 3.8) is 0 Å². The summed E-state index contributed by atoms with van der Waals surface area (Å²) in [6.07, 6.45) is -4.62. The predicted molar refractivity (Wildman–Crippen MR) is 84.0 cm³/mol. The third kappa shape index (κ3) is 4.66. The standard InChI is InChI=1S/C13H17F3N6O2S/c1-12(2,19-9(23)5-17)6-22-7(4-8(20-22)13(14,15)16)10-18-11(24-3)25-21-10/h4H,5-6,17H2,1-3H3,(H,19,23). The van der Waals surface area contributed by atoms with Gasteiger partial charge >= 0.3 is 6.18 Å². The lowest BCUT2D eigenvalue weighted by atomic mass is 10.1. The van der Waals surface area contributed by atoms with Gasteiger partial charge in [0.2, 0.25) is 5.91 Å². The molecule has 0 spiro atoms. The van der Waals surface area contributed by atoms with Crippen molar-refractivity contribution in [2.24, 2.45) is 5.73 Å². The molecule has 0 atom stereocenters. The molecule has 3 N–H and O–H groups in total. The molecule has 2 rings (SSSR count). The second kappa shape index (κ2) is 6.96. The molecule has 8 nitrogen and oxygen atoms in total. The average Bonchev–Trinajstić information content (AvgIpc) is 3.11. The van der Waals surface area contributed by atoms with Crippen LogP contribution in [0.5, 0.6) is 5.19 Å². The molecule has 0 fully saturated rings. The highest BCUT2D eigenvalue weighted by Gasteiger charge is 2.36. The summed E-state index contributed by atoms with van der Waals surface area (Å²) in [6, 6.07) is 0.863. The van der Waals surface area contributed by atoms with Gasteiger partial charge in [0.05, 0.1) is 25.7 Å². The van der Waals surface area contributed by atoms with Crippen molar-refractivity contribution in [2.45, 2.75) is 32.1 Å². The van der Waals surface area contributed by atoms with E-state index in [1.165, 1.54) is 7.11 Å². The zero-order valence-electron chi connectivity index (χ0n) is 13.7. The first-order chi connectivity index (χ1) is 11.6. The van der Waals surface area contributed by atoms with E-state index in [2.05, 4.69) is 19.8 Å². The topological polar surface area (TPSA) is 108 Å². The van der Waals surface area contributed by atoms with E-state index in [1.54, 1.807) is 13.8 Å². The van der Waals surface area contributed by atoms with Crippen molar-refractivity contribution in [1.29, 1.82) is 0 Å². The van der Waals surface area contributed by atoms with E-state index in [-0.39, 0.29) is 29.8 Å². The van der Waals surface area contributed by atoms with Gasteiger partial charge in [-0.15, -0.1) is 0 Å². The van der Waals surface area contributed by atoms with Crippen molar-refractivity contribution >= 4 is 17.4 Å². The quantitative estimate of drug-likeness (QED) is 0.784. The van der Waals surface area contributed by atoms with Crippen LogP contribution in [0.25, 0.3) is 11.5 Å². The van der Waals surface area contributed by atoms with Gasteiger partial charge in [-0.05, 0) is 19.9 Å². The maximum atomic E-state index is 13.0. The van der Waals surface area contributed by atoms with E-state index in [0.29, 0.717) is 0 Å². The van der Waals surface area contributed by atoms with Gasteiger partial charge in [-0.1, -0.05) is 0 Å². The van der Waals surface area contributed by atoms with Crippen LogP contribution in [-0.4, -0.2) is 44.2 Å². The SMILES string of the molecule is COc1nc(-c2cc(C(F)(F)F)nn2CC(C)(C)NC(=O)CN)ns1. The molecule has 1 amide bonds. The Morgan fingerprint density at radius 2 is 2.12 bits per heavy atom. The maximum absolute atomic E-state index is 13.0. The maximum Gasteiger partial charge on any atom is 0.435 e. The van der Waals surface area contributed by atoms with Crippen molar-refractivity contribution in [1.82, 2.24) is 24.5 Å². The van der Waals surface area contributed by atoms with E-state index in [0.717, 1.165) is 22.3 Å². The molecule has 2 aromatic heterocycles. The third-order valence-corrected chi connectivity index (χ3v) is 3.77. The van der Waals surface area contributed by atoms with Crippen LogP contribution in [0, 0.1) is 0 Å². The number of carbonyl (C=O) groups is 1. The van der Waals surface area contributed by atoms with Gasteiger partial charge in [0.15, 0.2) is 11.5 Å². The van der Waals surface area contributed by atoms with Gasteiger partial charge in [0.25, 0.3) is 5.19 Å². The summed E-state index contributed by atoms with van der Waals surface area (Å²) in [5.74, 6) is -0.367. The van der Waals surface area contributed by atoms with Gasteiger partial charge in [-0.3, -0.25) is 9.48 Å². The molecule has 0 radical (unpaired) electrons. The molecule has 0 aliphatic rings. The first kappa shape index (κ1) is 19.1. The summed E-state index contributed by atoms with van der Waals surface area (Å²) in [5, 5.41) is 6.45. The molecule has 0 aromatic carbocycles. The number of rotatable bonds is 6. The van der Waals surface area contributed by atoms with Crippen molar-refractivity contribution in [3.8, 4) is 16.7 Å². The molecule has 2 aromatic rings. The Morgan fingerprint density at radius 1 is 1.44 bits per heavy atom. The Bertz CT molecular complexity index is 755. The molecule has 0 saturated heterocycles. The summed E-state index contributed by atoms with van der Waals surface area (Å²) in [5.41, 5.74) is 3.37. The number of halogens is 3. The normalized spacial score (nSPS) is 12.3. The van der Waals surface area contributed by atoms with Crippen LogP contribution in [0.1, 0.15) is 19.5 Å². The van der Waals surface area contributed by atoms with Crippen LogP contribution in [0.15, 0.2) is 6.07 Å². The van der Waals surface area contributed by atoms with Gasteiger partial charge in [-0.2, -0.15) is 27.6 Å². The second-order valence-electron chi connectivity index (χ2n) is 5.79. The highest BCUT2D eigenvalue weighted by Crippen LogP contribution is 2.32. The van der Waals surface area contributed by atoms with E-state index >= 15 is 0 Å². The van der Waals surface area contributed by atoms with Crippen LogP contribution >= 0.6 is 11.5 Å².